The molecule has 0 spiro atoms. The van der Waals surface area contributed by atoms with E-state index in [4.69, 9.17) is 4.98 Å². The summed E-state index contributed by atoms with van der Waals surface area (Å²) >= 11 is 0. The van der Waals surface area contributed by atoms with Gasteiger partial charge in [0.05, 0.1) is 26.1 Å². The van der Waals surface area contributed by atoms with Crippen molar-refractivity contribution in [1.82, 2.24) is 14.4 Å². The largest absolute Gasteiger partial charge is 0.530 e. The van der Waals surface area contributed by atoms with Crippen molar-refractivity contribution in [1.29, 1.82) is 0 Å². The molecule has 2 aromatic rings. The molecule has 4 rings (SSSR count). The van der Waals surface area contributed by atoms with Gasteiger partial charge >= 0.3 is 5.91 Å². The molecule has 1 fully saturated rings. The number of piperidine rings is 1. The number of hydrogen-bond donors (Lipinski definition) is 0. The van der Waals surface area contributed by atoms with Crippen LogP contribution in [0.2, 0.25) is 0 Å². The average Bonchev–Trinajstić information content (AvgIpc) is 2.82. The average molecular weight is 451 g/mol. The van der Waals surface area contributed by atoms with E-state index < -0.39 is 6.09 Å². The fraction of sp³-hybridized carbons (Fsp3) is 0.500. The first-order valence-corrected chi connectivity index (χ1v) is 12.0. The number of carbonyl (C=O) groups is 2. The molecule has 0 aliphatic carbocycles. The van der Waals surface area contributed by atoms with Crippen molar-refractivity contribution in [2.45, 2.75) is 58.5 Å². The van der Waals surface area contributed by atoms with Crippen LogP contribution in [0.3, 0.4) is 0 Å². The Balaban J connectivity index is 1.76. The third kappa shape index (κ3) is 4.10. The number of hydrogen-bond acceptors (Lipinski definition) is 5. The number of benzene rings is 1. The van der Waals surface area contributed by atoms with Crippen LogP contribution in [-0.4, -0.2) is 54.6 Å². The highest BCUT2D eigenvalue weighted by atomic mass is 16.4. The zero-order chi connectivity index (χ0) is 23.8. The third-order valence-corrected chi connectivity index (χ3v) is 7.70. The maximum Gasteiger partial charge on any atom is 0.315 e. The van der Waals surface area contributed by atoms with E-state index in [0.717, 1.165) is 41.3 Å². The van der Waals surface area contributed by atoms with E-state index in [9.17, 15) is 14.7 Å². The molecule has 0 bridgehead atoms. The van der Waals surface area contributed by atoms with Crippen LogP contribution in [0.5, 0.6) is 0 Å². The number of fused-ring (bicyclic) bond motifs is 1. The van der Waals surface area contributed by atoms with E-state index in [1.165, 1.54) is 24.2 Å². The molecule has 7 heteroatoms. The molecule has 1 saturated heterocycles. The number of rotatable bonds is 4. The van der Waals surface area contributed by atoms with E-state index in [2.05, 4.69) is 17.0 Å². The van der Waals surface area contributed by atoms with Crippen molar-refractivity contribution >= 4 is 23.5 Å². The summed E-state index contributed by atoms with van der Waals surface area (Å²) in [5.41, 5.74) is 3.67. The minimum absolute atomic E-state index is 0.0407. The molecule has 0 radical (unpaired) electrons. The third-order valence-electron chi connectivity index (χ3n) is 7.70. The van der Waals surface area contributed by atoms with Gasteiger partial charge in [-0.3, -0.25) is 0 Å². The van der Waals surface area contributed by atoms with Gasteiger partial charge in [-0.05, 0) is 62.9 Å². The molecular weight excluding hydrogens is 416 g/mol. The lowest BCUT2D eigenvalue weighted by Gasteiger charge is -2.47. The summed E-state index contributed by atoms with van der Waals surface area (Å²) in [5, 5.41) is 11.9. The Morgan fingerprint density at radius 3 is 2.42 bits per heavy atom. The monoisotopic (exact) mass is 450 g/mol. The number of carbonyl (C=O) groups excluding carboxylic acids is 2. The first-order chi connectivity index (χ1) is 15.8. The summed E-state index contributed by atoms with van der Waals surface area (Å²) in [6.45, 7) is 7.86. The molecule has 0 N–H and O–H groups in total. The second-order valence-corrected chi connectivity index (χ2v) is 9.47. The highest BCUT2D eigenvalue weighted by Gasteiger charge is 2.47. The lowest BCUT2D eigenvalue weighted by molar-refractivity contribution is -0.268. The summed E-state index contributed by atoms with van der Waals surface area (Å²) in [7, 11) is 1.92. The fourth-order valence-electron chi connectivity index (χ4n) is 5.44. The Bertz CT molecular complexity index is 1030. The van der Waals surface area contributed by atoms with E-state index in [1.54, 1.807) is 6.92 Å². The Hall–Kier alpha value is -2.93. The Kier molecular flexibility index (Phi) is 6.43. The van der Waals surface area contributed by atoms with Gasteiger partial charge < -0.3 is 19.7 Å². The molecular formula is C26H34N4O3. The Morgan fingerprint density at radius 2 is 1.85 bits per heavy atom. The van der Waals surface area contributed by atoms with Gasteiger partial charge in [0.25, 0.3) is 0 Å². The molecule has 2 amide bonds. The number of aromatic nitrogens is 1. The van der Waals surface area contributed by atoms with Crippen LogP contribution >= 0.6 is 0 Å². The van der Waals surface area contributed by atoms with Crippen molar-refractivity contribution < 1.29 is 14.7 Å². The van der Waals surface area contributed by atoms with Gasteiger partial charge in [0.1, 0.15) is 17.6 Å². The predicted molar refractivity (Wildman–Crippen MR) is 129 cm³/mol. The maximum absolute atomic E-state index is 12.7. The summed E-state index contributed by atoms with van der Waals surface area (Å²) < 4.78 is 0.156. The normalized spacial score (nSPS) is 24.8. The number of amides is 2. The van der Waals surface area contributed by atoms with Crippen molar-refractivity contribution in [3.8, 4) is 11.1 Å². The number of nitrogens with zero attached hydrogens (tertiary/aromatic N) is 4. The lowest BCUT2D eigenvalue weighted by Crippen LogP contribution is -2.60. The minimum atomic E-state index is -1.18. The van der Waals surface area contributed by atoms with Crippen molar-refractivity contribution in [3.63, 3.8) is 0 Å². The predicted octanol–water partition coefficient (Wildman–Crippen LogP) is 3.72. The van der Waals surface area contributed by atoms with Crippen molar-refractivity contribution in [2.24, 2.45) is 0 Å². The highest BCUT2D eigenvalue weighted by molar-refractivity contribution is 5.89. The molecule has 1 unspecified atom stereocenters. The van der Waals surface area contributed by atoms with Gasteiger partial charge in [-0.1, -0.05) is 0 Å². The minimum Gasteiger partial charge on any atom is -0.530 e. The molecule has 2 aliphatic rings. The number of carboxylic acid groups (broad SMARTS) is 1. The van der Waals surface area contributed by atoms with Crippen molar-refractivity contribution in [3.05, 3.63) is 42.1 Å². The van der Waals surface area contributed by atoms with Gasteiger partial charge in [0, 0.05) is 49.4 Å². The number of anilines is 1. The van der Waals surface area contributed by atoms with Gasteiger partial charge in [0.15, 0.2) is 0 Å². The molecule has 0 saturated carbocycles. The number of quaternary nitrogens is 1. The first-order valence-electron chi connectivity index (χ1n) is 12.0. The Labute approximate surface area is 196 Å². The SMILES string of the molecule is CCN(C(=O)[O-])C1C[C@H](C)[N@+](C)(C(C)=O)c2ccc(-c3ccc(N4CCCCC4)nc3)cc21. The smallest absolute Gasteiger partial charge is 0.315 e. The van der Waals surface area contributed by atoms with E-state index in [0.29, 0.717) is 13.0 Å². The van der Waals surface area contributed by atoms with Gasteiger partial charge in [-0.25, -0.2) is 14.3 Å². The zero-order valence-corrected chi connectivity index (χ0v) is 20.1. The summed E-state index contributed by atoms with van der Waals surface area (Å²) in [5.74, 6) is 1.04. The topological polar surface area (TPSA) is 76.6 Å². The first kappa shape index (κ1) is 23.2. The molecule has 1 aromatic heterocycles. The van der Waals surface area contributed by atoms with E-state index in [1.807, 2.05) is 45.3 Å². The second-order valence-electron chi connectivity index (χ2n) is 9.47. The van der Waals surface area contributed by atoms with Crippen molar-refractivity contribution in [2.75, 3.05) is 31.6 Å². The molecule has 3 atom stereocenters. The molecule has 2 aliphatic heterocycles. The zero-order valence-electron chi connectivity index (χ0n) is 20.1. The summed E-state index contributed by atoms with van der Waals surface area (Å²) in [6.07, 6.45) is 4.95. The number of pyridine rings is 1. The summed E-state index contributed by atoms with van der Waals surface area (Å²) in [6, 6.07) is 9.77. The maximum atomic E-state index is 12.7. The van der Waals surface area contributed by atoms with Crippen LogP contribution in [0.15, 0.2) is 36.5 Å². The van der Waals surface area contributed by atoms with E-state index in [-0.39, 0.29) is 22.5 Å². The van der Waals surface area contributed by atoms with E-state index >= 15 is 0 Å². The van der Waals surface area contributed by atoms with Crippen LogP contribution in [0, 0.1) is 0 Å². The molecule has 176 valence electrons. The molecule has 1 aromatic carbocycles. The van der Waals surface area contributed by atoms with Crippen LogP contribution in [0.25, 0.3) is 11.1 Å². The van der Waals surface area contributed by atoms with Gasteiger partial charge in [-0.2, -0.15) is 0 Å². The Morgan fingerprint density at radius 1 is 1.15 bits per heavy atom. The molecule has 33 heavy (non-hydrogen) atoms. The quantitative estimate of drug-likeness (QED) is 0.664. The lowest BCUT2D eigenvalue weighted by atomic mass is 9.86. The highest BCUT2D eigenvalue weighted by Crippen LogP contribution is 2.45. The van der Waals surface area contributed by atoms with Crippen LogP contribution in [0.1, 0.15) is 58.1 Å². The van der Waals surface area contributed by atoms with Gasteiger partial charge in [-0.15, -0.1) is 0 Å². The molecule has 3 heterocycles. The molecule has 7 nitrogen and oxygen atoms in total. The standard InChI is InChI=1S/C26H34N4O3/c1-5-29(26(32)33)23-15-18(2)30(4,19(3)31)24-11-9-20(16-22(23)24)21-10-12-25(27-17-21)28-13-7-6-8-14-28/h9-12,16-18,23H,5-8,13-15H2,1-4H3/t18-,23?,30+/m0/s1. The summed E-state index contributed by atoms with van der Waals surface area (Å²) in [4.78, 5) is 33.1. The fourth-order valence-corrected chi connectivity index (χ4v) is 5.44. The van der Waals surface area contributed by atoms with Crippen LogP contribution in [-0.2, 0) is 4.79 Å². The second kappa shape index (κ2) is 9.14. The van der Waals surface area contributed by atoms with Crippen LogP contribution < -0.4 is 14.5 Å². The van der Waals surface area contributed by atoms with Gasteiger partial charge in [0.2, 0.25) is 0 Å². The van der Waals surface area contributed by atoms with Crippen LogP contribution in [0.4, 0.5) is 16.3 Å².